The van der Waals surface area contributed by atoms with Crippen LogP contribution in [0, 0.1) is 5.92 Å². The Kier molecular flexibility index (Phi) is 14.7. The van der Waals surface area contributed by atoms with Crippen molar-refractivity contribution >= 4 is 47.9 Å². The highest BCUT2D eigenvalue weighted by atomic mass is 35.5. The van der Waals surface area contributed by atoms with Crippen LogP contribution in [-0.4, -0.2) is 129 Å². The van der Waals surface area contributed by atoms with Gasteiger partial charge in [0.05, 0.1) is 19.6 Å². The summed E-state index contributed by atoms with van der Waals surface area (Å²) in [5.41, 5.74) is 12.0. The molecule has 0 saturated carbocycles. The smallest absolute Gasteiger partial charge is 0.326 e. The molecule has 15 heteroatoms. The molecule has 1 aromatic rings. The van der Waals surface area contributed by atoms with Crippen LogP contribution in [0.3, 0.4) is 0 Å². The zero-order chi connectivity index (χ0) is 34.0. The van der Waals surface area contributed by atoms with E-state index in [1.165, 1.54) is 35.9 Å². The third-order valence-corrected chi connectivity index (χ3v) is 8.02. The number of piperazine rings is 1. The Morgan fingerprint density at radius 1 is 1.04 bits per heavy atom. The Bertz CT molecular complexity index is 1370. The van der Waals surface area contributed by atoms with Gasteiger partial charge in [-0.3, -0.25) is 28.8 Å². The zero-order valence-electron chi connectivity index (χ0n) is 27.1. The van der Waals surface area contributed by atoms with Gasteiger partial charge in [0.1, 0.15) is 12.6 Å². The molecule has 258 valence electrons. The first-order valence-electron chi connectivity index (χ1n) is 14.9. The number of Topliss-reactive ketones (excluding diaryl/α,β-unsaturated/α-hetero) is 1. The highest BCUT2D eigenvalue weighted by Gasteiger charge is 2.42. The molecule has 0 aromatic heterocycles. The van der Waals surface area contributed by atoms with Crippen molar-refractivity contribution in [2.75, 3.05) is 61.1 Å². The maximum Gasteiger partial charge on any atom is 0.326 e. The van der Waals surface area contributed by atoms with Gasteiger partial charge in [-0.15, -0.1) is 12.4 Å². The molecule has 2 atom stereocenters. The lowest BCUT2D eigenvalue weighted by Gasteiger charge is -2.41. The summed E-state index contributed by atoms with van der Waals surface area (Å²) < 4.78 is 15.4. The summed E-state index contributed by atoms with van der Waals surface area (Å²) in [6, 6.07) is 4.90. The lowest BCUT2D eigenvalue weighted by Crippen LogP contribution is -2.62. The van der Waals surface area contributed by atoms with Crippen molar-refractivity contribution in [1.82, 2.24) is 14.7 Å². The summed E-state index contributed by atoms with van der Waals surface area (Å²) in [5.74, 6) is -3.74. The number of hydrogen-bond donors (Lipinski definition) is 2. The first-order chi connectivity index (χ1) is 21.9. The second-order valence-electron chi connectivity index (χ2n) is 11.3. The van der Waals surface area contributed by atoms with Crippen LogP contribution in [0.25, 0.3) is 0 Å². The number of allylic oxidation sites excluding steroid dienone is 2. The predicted molar refractivity (Wildman–Crippen MR) is 173 cm³/mol. The van der Waals surface area contributed by atoms with Crippen molar-refractivity contribution in [3.8, 4) is 0 Å². The van der Waals surface area contributed by atoms with Crippen LogP contribution < -0.4 is 11.5 Å². The van der Waals surface area contributed by atoms with E-state index in [1.54, 1.807) is 36.4 Å². The number of halogens is 1. The summed E-state index contributed by atoms with van der Waals surface area (Å²) in [5, 5.41) is 0. The van der Waals surface area contributed by atoms with Crippen molar-refractivity contribution in [3.63, 3.8) is 0 Å². The van der Waals surface area contributed by atoms with Crippen LogP contribution in [-0.2, 0) is 44.6 Å². The van der Waals surface area contributed by atoms with Gasteiger partial charge in [0.25, 0.3) is 5.91 Å². The third kappa shape index (κ3) is 9.70. The van der Waals surface area contributed by atoms with Crippen molar-refractivity contribution in [2.45, 2.75) is 36.9 Å². The minimum atomic E-state index is -1.34. The van der Waals surface area contributed by atoms with Gasteiger partial charge < -0.3 is 40.4 Å². The molecule has 3 rings (SSSR count). The number of amides is 3. The second kappa shape index (κ2) is 17.7. The minimum absolute atomic E-state index is 0. The quantitative estimate of drug-likeness (QED) is 0.151. The Balaban J connectivity index is 0.00000768. The van der Waals surface area contributed by atoms with Crippen LogP contribution in [0.5, 0.6) is 0 Å². The van der Waals surface area contributed by atoms with Gasteiger partial charge in [-0.25, -0.2) is 0 Å². The molecule has 0 spiro atoms. The first-order valence-corrected chi connectivity index (χ1v) is 14.9. The second-order valence-corrected chi connectivity index (χ2v) is 11.3. The van der Waals surface area contributed by atoms with Gasteiger partial charge in [-0.05, 0) is 43.0 Å². The molecule has 1 aliphatic carbocycles. The molecule has 1 heterocycles. The maximum absolute atomic E-state index is 13.6. The fraction of sp³-hybridized carbons (Fsp3) is 0.500. The third-order valence-electron chi connectivity index (χ3n) is 8.02. The van der Waals surface area contributed by atoms with Crippen LogP contribution in [0.2, 0.25) is 0 Å². The highest BCUT2D eigenvalue weighted by molar-refractivity contribution is 6.06. The van der Waals surface area contributed by atoms with Crippen LogP contribution in [0.4, 0.5) is 0 Å². The molecule has 1 aliphatic heterocycles. The van der Waals surface area contributed by atoms with Gasteiger partial charge in [0.2, 0.25) is 17.6 Å². The number of rotatable bonds is 14. The average molecular weight is 678 g/mol. The largest absolute Gasteiger partial charge is 0.469 e. The van der Waals surface area contributed by atoms with E-state index in [0.29, 0.717) is 18.5 Å². The van der Waals surface area contributed by atoms with E-state index >= 15 is 0 Å². The van der Waals surface area contributed by atoms with Crippen molar-refractivity contribution in [1.29, 1.82) is 0 Å². The summed E-state index contributed by atoms with van der Waals surface area (Å²) in [6.45, 7) is -0.566. The molecule has 4 N–H and O–H groups in total. The van der Waals surface area contributed by atoms with E-state index in [2.05, 4.69) is 0 Å². The topological polar surface area (TPSA) is 192 Å². The molecule has 47 heavy (non-hydrogen) atoms. The summed E-state index contributed by atoms with van der Waals surface area (Å²) in [7, 11) is 5.62. The molecule has 14 nitrogen and oxygen atoms in total. The van der Waals surface area contributed by atoms with Gasteiger partial charge in [-0.2, -0.15) is 0 Å². The van der Waals surface area contributed by atoms with Gasteiger partial charge in [0.15, 0.2) is 12.2 Å². The summed E-state index contributed by atoms with van der Waals surface area (Å²) >= 11 is 0. The van der Waals surface area contributed by atoms with Crippen LogP contribution in [0.15, 0.2) is 48.6 Å². The predicted octanol–water partition coefficient (Wildman–Crippen LogP) is -0.129. The van der Waals surface area contributed by atoms with Gasteiger partial charge >= 0.3 is 11.9 Å². The number of ether oxygens (including phenoxy) is 3. The standard InChI is InChI=1S/C32H43N5O9.ClH/c1-35(2)26(38)20-46-28(40)19-36-15-16-37(25(31(36)43)18-27(39)44-3)30(42)24(34)17-21-9-12-32(45-4,13-10-21)29(41)23-8-6-5-7-22(23)11-14-33;/h5-10,12-13,21,24-25H,11,14-20,33-34H2,1-4H3;1H/t21?,24-,25-,32?;/m0./s1. The Morgan fingerprint density at radius 3 is 2.30 bits per heavy atom. The molecule has 1 aromatic carbocycles. The number of carbonyl (C=O) groups excluding carboxylic acids is 6. The van der Waals surface area contributed by atoms with E-state index in [1.807, 2.05) is 12.1 Å². The SMILES string of the molecule is COC(=O)C[C@H]1C(=O)N(CC(=O)OCC(=O)N(C)C)CCN1C(=O)[C@@H](N)CC1C=CC(OC)(C(=O)c2ccccc2CCN)C=C1.Cl. The Morgan fingerprint density at radius 2 is 1.70 bits per heavy atom. The van der Waals surface area contributed by atoms with Crippen molar-refractivity contribution in [2.24, 2.45) is 17.4 Å². The normalized spacial score (nSPS) is 21.0. The molecular weight excluding hydrogens is 634 g/mol. The summed E-state index contributed by atoms with van der Waals surface area (Å²) in [4.78, 5) is 80.4. The minimum Gasteiger partial charge on any atom is -0.469 e. The Hall–Kier alpha value is -4.11. The number of likely N-dealkylation sites (N-methyl/N-ethyl adjacent to an activating group) is 1. The van der Waals surface area contributed by atoms with E-state index in [4.69, 9.17) is 25.7 Å². The fourth-order valence-corrected chi connectivity index (χ4v) is 5.29. The first kappa shape index (κ1) is 39.1. The number of benzene rings is 1. The van der Waals surface area contributed by atoms with Crippen molar-refractivity contribution < 1.29 is 43.0 Å². The molecule has 1 fully saturated rings. The maximum atomic E-state index is 13.6. The van der Waals surface area contributed by atoms with E-state index in [9.17, 15) is 28.8 Å². The number of ketones is 1. The van der Waals surface area contributed by atoms with Crippen molar-refractivity contribution in [3.05, 3.63) is 59.7 Å². The number of nitrogens with zero attached hydrogens (tertiary/aromatic N) is 3. The van der Waals surface area contributed by atoms with Crippen LogP contribution in [0.1, 0.15) is 28.8 Å². The van der Waals surface area contributed by atoms with E-state index in [0.717, 1.165) is 12.7 Å². The van der Waals surface area contributed by atoms with Gasteiger partial charge in [0, 0.05) is 39.9 Å². The number of hydrogen-bond acceptors (Lipinski definition) is 11. The molecule has 2 aliphatic rings. The number of methoxy groups -OCH3 is 2. The lowest BCUT2D eigenvalue weighted by atomic mass is 9.82. The Labute approximate surface area is 280 Å². The zero-order valence-corrected chi connectivity index (χ0v) is 27.9. The van der Waals surface area contributed by atoms with E-state index in [-0.39, 0.29) is 43.6 Å². The van der Waals surface area contributed by atoms with Gasteiger partial charge in [-0.1, -0.05) is 36.4 Å². The van der Waals surface area contributed by atoms with E-state index < -0.39 is 66.9 Å². The number of nitrogens with two attached hydrogens (primary N) is 2. The highest BCUT2D eigenvalue weighted by Crippen LogP contribution is 2.30. The number of carbonyl (C=O) groups is 6. The lowest BCUT2D eigenvalue weighted by molar-refractivity contribution is -0.161. The molecule has 1 saturated heterocycles. The molecule has 0 unspecified atom stereocenters. The fourth-order valence-electron chi connectivity index (χ4n) is 5.29. The molecule has 3 amide bonds. The van der Waals surface area contributed by atoms with Crippen LogP contribution >= 0.6 is 12.4 Å². The molecule has 0 bridgehead atoms. The molecular formula is C32H44ClN5O9. The molecule has 0 radical (unpaired) electrons. The average Bonchev–Trinajstić information content (AvgIpc) is 3.05. The monoisotopic (exact) mass is 677 g/mol. The summed E-state index contributed by atoms with van der Waals surface area (Å²) in [6.07, 6.45) is 7.03. The number of esters is 2.